The van der Waals surface area contributed by atoms with Crippen LogP contribution in [0.1, 0.15) is 33.0 Å². The van der Waals surface area contributed by atoms with Crippen LogP contribution in [0.2, 0.25) is 0 Å². The van der Waals surface area contributed by atoms with Crippen LogP contribution in [-0.2, 0) is 13.0 Å². The first-order valence-electron chi connectivity index (χ1n) is 8.45. The fourth-order valence-corrected chi connectivity index (χ4v) is 2.49. The molecule has 1 atom stereocenters. The number of halogens is 1. The molecule has 0 saturated carbocycles. The fraction of sp³-hybridized carbons (Fsp3) is 0.812. The molecule has 0 aliphatic carbocycles. The maximum absolute atomic E-state index is 4.30. The van der Waals surface area contributed by atoms with Crippen molar-refractivity contribution in [2.24, 2.45) is 10.9 Å². The average molecular weight is 451 g/mol. The summed E-state index contributed by atoms with van der Waals surface area (Å²) in [5, 5.41) is 14.8. The molecular formula is C16H34IN7. The Morgan fingerprint density at radius 2 is 2.04 bits per heavy atom. The third-order valence-electron chi connectivity index (χ3n) is 3.86. The second-order valence-electron chi connectivity index (χ2n) is 6.42. The van der Waals surface area contributed by atoms with Crippen molar-refractivity contribution in [2.75, 3.05) is 34.2 Å². The Hall–Kier alpha value is -0.900. The van der Waals surface area contributed by atoms with Gasteiger partial charge in [0.15, 0.2) is 5.96 Å². The number of aliphatic imine (C=N–C) groups is 1. The van der Waals surface area contributed by atoms with Crippen molar-refractivity contribution in [3.8, 4) is 0 Å². The van der Waals surface area contributed by atoms with Crippen LogP contribution in [0.5, 0.6) is 0 Å². The molecule has 0 bridgehead atoms. The van der Waals surface area contributed by atoms with Crippen LogP contribution in [0, 0.1) is 5.92 Å². The first-order valence-corrected chi connectivity index (χ1v) is 8.45. The summed E-state index contributed by atoms with van der Waals surface area (Å²) >= 11 is 0. The number of hydrogen-bond donors (Lipinski definition) is 2. The predicted octanol–water partition coefficient (Wildman–Crippen LogP) is 1.60. The van der Waals surface area contributed by atoms with Gasteiger partial charge in [0.05, 0.1) is 0 Å². The highest BCUT2D eigenvalue weighted by Crippen LogP contribution is 2.07. The summed E-state index contributed by atoms with van der Waals surface area (Å²) < 4.78 is 2.07. The number of nitrogens with one attached hydrogen (secondary N) is 2. The molecule has 1 heterocycles. The van der Waals surface area contributed by atoms with E-state index in [4.69, 9.17) is 0 Å². The molecule has 0 aliphatic rings. The average Bonchev–Trinajstić information content (AvgIpc) is 2.96. The van der Waals surface area contributed by atoms with E-state index >= 15 is 0 Å². The normalized spacial score (nSPS) is 13.1. The molecule has 1 rings (SSSR count). The molecule has 7 nitrogen and oxygen atoms in total. The molecule has 0 aromatic carbocycles. The molecule has 1 aromatic rings. The maximum Gasteiger partial charge on any atom is 0.191 e. The molecular weight excluding hydrogens is 417 g/mol. The van der Waals surface area contributed by atoms with Crippen molar-refractivity contribution >= 4 is 29.9 Å². The summed E-state index contributed by atoms with van der Waals surface area (Å²) in [5.41, 5.74) is 0. The Bertz CT molecular complexity index is 471. The van der Waals surface area contributed by atoms with Gasteiger partial charge in [-0.15, -0.1) is 34.2 Å². The van der Waals surface area contributed by atoms with E-state index in [2.05, 4.69) is 70.2 Å². The molecule has 0 aliphatic heterocycles. The van der Waals surface area contributed by atoms with Crippen LogP contribution in [0.4, 0.5) is 0 Å². The van der Waals surface area contributed by atoms with E-state index in [1.165, 1.54) is 0 Å². The van der Waals surface area contributed by atoms with E-state index in [0.717, 1.165) is 44.3 Å². The molecule has 0 radical (unpaired) electrons. The standard InChI is InChI=1S/C16H33N7.HI/c1-7-15-21-20-12-23(15)9-8-18-16(17-4)19-11-14(22(5)6)10-13(2)3;/h12-14H,7-11H2,1-6H3,(H2,17,18,19);1H. The summed E-state index contributed by atoms with van der Waals surface area (Å²) in [6.45, 7) is 9.12. The van der Waals surface area contributed by atoms with E-state index in [1.807, 2.05) is 0 Å². The number of nitrogens with zero attached hydrogens (tertiary/aromatic N) is 5. The van der Waals surface area contributed by atoms with Gasteiger partial charge in [0.2, 0.25) is 0 Å². The van der Waals surface area contributed by atoms with Crippen LogP contribution >= 0.6 is 24.0 Å². The van der Waals surface area contributed by atoms with Crippen LogP contribution < -0.4 is 10.6 Å². The van der Waals surface area contributed by atoms with Crippen molar-refractivity contribution in [2.45, 2.75) is 46.2 Å². The fourth-order valence-electron chi connectivity index (χ4n) is 2.49. The molecule has 0 saturated heterocycles. The van der Waals surface area contributed by atoms with Gasteiger partial charge in [-0.25, -0.2) is 0 Å². The third-order valence-corrected chi connectivity index (χ3v) is 3.86. The lowest BCUT2D eigenvalue weighted by Crippen LogP contribution is -2.46. The smallest absolute Gasteiger partial charge is 0.191 e. The lowest BCUT2D eigenvalue weighted by Gasteiger charge is -2.27. The zero-order valence-corrected chi connectivity index (χ0v) is 18.2. The number of guanidine groups is 1. The maximum atomic E-state index is 4.30. The summed E-state index contributed by atoms with van der Waals surface area (Å²) in [4.78, 5) is 6.56. The van der Waals surface area contributed by atoms with Crippen LogP contribution in [0.15, 0.2) is 11.3 Å². The Labute approximate surface area is 163 Å². The Morgan fingerprint density at radius 1 is 1.33 bits per heavy atom. The summed E-state index contributed by atoms with van der Waals surface area (Å²) in [6.07, 6.45) is 3.84. The highest BCUT2D eigenvalue weighted by atomic mass is 127. The highest BCUT2D eigenvalue weighted by molar-refractivity contribution is 14.0. The van der Waals surface area contributed by atoms with Gasteiger partial charge in [-0.05, 0) is 26.4 Å². The number of hydrogen-bond acceptors (Lipinski definition) is 4. The molecule has 140 valence electrons. The van der Waals surface area contributed by atoms with Gasteiger partial charge in [-0.1, -0.05) is 20.8 Å². The van der Waals surface area contributed by atoms with Crippen LogP contribution in [0.25, 0.3) is 0 Å². The minimum atomic E-state index is 0. The minimum Gasteiger partial charge on any atom is -0.355 e. The van der Waals surface area contributed by atoms with E-state index in [0.29, 0.717) is 12.0 Å². The molecule has 8 heteroatoms. The van der Waals surface area contributed by atoms with E-state index in [1.54, 1.807) is 13.4 Å². The van der Waals surface area contributed by atoms with Gasteiger partial charge in [0.25, 0.3) is 0 Å². The Balaban J connectivity index is 0.00000529. The summed E-state index contributed by atoms with van der Waals surface area (Å²) in [7, 11) is 6.06. The zero-order valence-electron chi connectivity index (χ0n) is 15.9. The van der Waals surface area contributed by atoms with E-state index in [-0.39, 0.29) is 24.0 Å². The quantitative estimate of drug-likeness (QED) is 0.339. The lowest BCUT2D eigenvalue weighted by molar-refractivity contribution is 0.254. The van der Waals surface area contributed by atoms with E-state index < -0.39 is 0 Å². The molecule has 0 spiro atoms. The second-order valence-corrected chi connectivity index (χ2v) is 6.42. The Kier molecular flexibility index (Phi) is 12.0. The number of aryl methyl sites for hydroxylation is 1. The van der Waals surface area contributed by atoms with Gasteiger partial charge in [0.1, 0.15) is 12.2 Å². The van der Waals surface area contributed by atoms with Crippen molar-refractivity contribution in [3.05, 3.63) is 12.2 Å². The first kappa shape index (κ1) is 23.1. The SMILES string of the molecule is CCc1nncn1CCNC(=NC)NCC(CC(C)C)N(C)C.I. The third kappa shape index (κ3) is 8.27. The molecule has 1 unspecified atom stereocenters. The summed E-state index contributed by atoms with van der Waals surface area (Å²) in [5.74, 6) is 2.53. The molecule has 2 N–H and O–H groups in total. The van der Waals surface area contributed by atoms with Crippen molar-refractivity contribution in [1.82, 2.24) is 30.3 Å². The largest absolute Gasteiger partial charge is 0.355 e. The topological polar surface area (TPSA) is 70.4 Å². The van der Waals surface area contributed by atoms with Gasteiger partial charge < -0.3 is 20.1 Å². The molecule has 24 heavy (non-hydrogen) atoms. The van der Waals surface area contributed by atoms with Gasteiger partial charge >= 0.3 is 0 Å². The molecule has 0 amide bonds. The predicted molar refractivity (Wildman–Crippen MR) is 111 cm³/mol. The number of likely N-dealkylation sites (N-methyl/N-ethyl adjacent to an activating group) is 1. The second kappa shape index (κ2) is 12.5. The monoisotopic (exact) mass is 451 g/mol. The van der Waals surface area contributed by atoms with Crippen molar-refractivity contribution in [3.63, 3.8) is 0 Å². The van der Waals surface area contributed by atoms with Gasteiger partial charge in [-0.3, -0.25) is 4.99 Å². The van der Waals surface area contributed by atoms with Gasteiger partial charge in [-0.2, -0.15) is 0 Å². The first-order chi connectivity index (χ1) is 11.0. The van der Waals surface area contributed by atoms with Gasteiger partial charge in [0, 0.05) is 39.1 Å². The van der Waals surface area contributed by atoms with E-state index in [9.17, 15) is 0 Å². The Morgan fingerprint density at radius 3 is 2.58 bits per heavy atom. The zero-order chi connectivity index (χ0) is 17.2. The summed E-state index contributed by atoms with van der Waals surface area (Å²) in [6, 6.07) is 0.498. The number of aromatic nitrogens is 3. The highest BCUT2D eigenvalue weighted by Gasteiger charge is 2.13. The van der Waals surface area contributed by atoms with Crippen LogP contribution in [0.3, 0.4) is 0 Å². The lowest BCUT2D eigenvalue weighted by atomic mass is 10.0. The van der Waals surface area contributed by atoms with Crippen molar-refractivity contribution < 1.29 is 0 Å². The van der Waals surface area contributed by atoms with Crippen molar-refractivity contribution in [1.29, 1.82) is 0 Å². The molecule has 1 aromatic heterocycles. The number of rotatable bonds is 9. The molecule has 0 fully saturated rings. The minimum absolute atomic E-state index is 0. The van der Waals surface area contributed by atoms with Crippen LogP contribution in [-0.4, -0.2) is 65.9 Å².